The minimum absolute atomic E-state index is 0.209. The normalized spacial score (nSPS) is 36.9. The highest BCUT2D eigenvalue weighted by Gasteiger charge is 2.23. The van der Waals surface area contributed by atoms with E-state index in [4.69, 9.17) is 5.11 Å². The lowest BCUT2D eigenvalue weighted by Crippen LogP contribution is -2.27. The Balaban J connectivity index is 2.44. The third-order valence-electron chi connectivity index (χ3n) is 1.97. The molecule has 1 rings (SSSR count). The number of hydrogen-bond donors (Lipinski definition) is 1. The van der Waals surface area contributed by atoms with Gasteiger partial charge in [-0.1, -0.05) is 6.92 Å². The molecule has 0 radical (unpaired) electrons. The van der Waals surface area contributed by atoms with E-state index in [2.05, 4.69) is 0 Å². The van der Waals surface area contributed by atoms with E-state index < -0.39 is 0 Å². The Labute approximate surface area is 54.9 Å². The SMILES string of the molecule is C[C@@H]1CCC(=O)C[C@H]1O. The molecule has 0 aromatic heterocycles. The first-order chi connectivity index (χ1) is 4.20. The fourth-order valence-corrected chi connectivity index (χ4v) is 1.12. The van der Waals surface area contributed by atoms with Gasteiger partial charge in [0.1, 0.15) is 5.78 Å². The highest BCUT2D eigenvalue weighted by atomic mass is 16.3. The molecular weight excluding hydrogens is 116 g/mol. The summed E-state index contributed by atoms with van der Waals surface area (Å²) in [6, 6.07) is 0. The Hall–Kier alpha value is -0.370. The largest absolute Gasteiger partial charge is 0.392 e. The second kappa shape index (κ2) is 2.48. The van der Waals surface area contributed by atoms with Crippen LogP contribution in [0.1, 0.15) is 26.2 Å². The van der Waals surface area contributed by atoms with Gasteiger partial charge in [-0.05, 0) is 12.3 Å². The zero-order valence-corrected chi connectivity index (χ0v) is 5.63. The lowest BCUT2D eigenvalue weighted by atomic mass is 9.87. The van der Waals surface area contributed by atoms with Gasteiger partial charge in [-0.3, -0.25) is 4.79 Å². The molecule has 1 aliphatic rings. The molecule has 1 N–H and O–H groups in total. The van der Waals surface area contributed by atoms with Crippen LogP contribution >= 0.6 is 0 Å². The van der Waals surface area contributed by atoms with Crippen LogP contribution in [0.15, 0.2) is 0 Å². The fraction of sp³-hybridized carbons (Fsp3) is 0.857. The average Bonchev–Trinajstić information content (AvgIpc) is 1.80. The van der Waals surface area contributed by atoms with Crippen molar-refractivity contribution in [3.63, 3.8) is 0 Å². The lowest BCUT2D eigenvalue weighted by molar-refractivity contribution is -0.124. The Morgan fingerprint density at radius 2 is 2.33 bits per heavy atom. The maximum Gasteiger partial charge on any atom is 0.135 e. The minimum atomic E-state index is -0.369. The van der Waals surface area contributed by atoms with Crippen LogP contribution in [0.3, 0.4) is 0 Å². The molecule has 0 aromatic carbocycles. The van der Waals surface area contributed by atoms with Crippen LogP contribution in [-0.4, -0.2) is 17.0 Å². The predicted octanol–water partition coefficient (Wildman–Crippen LogP) is 0.736. The van der Waals surface area contributed by atoms with Crippen molar-refractivity contribution < 1.29 is 9.90 Å². The van der Waals surface area contributed by atoms with Gasteiger partial charge in [-0.15, -0.1) is 0 Å². The van der Waals surface area contributed by atoms with Crippen LogP contribution < -0.4 is 0 Å². The first-order valence-corrected chi connectivity index (χ1v) is 3.40. The molecule has 2 heteroatoms. The van der Waals surface area contributed by atoms with Crippen molar-refractivity contribution in [3.8, 4) is 0 Å². The molecule has 1 aliphatic carbocycles. The van der Waals surface area contributed by atoms with Crippen molar-refractivity contribution in [2.75, 3.05) is 0 Å². The van der Waals surface area contributed by atoms with E-state index in [0.29, 0.717) is 18.8 Å². The summed E-state index contributed by atoms with van der Waals surface area (Å²) in [6.07, 6.45) is 1.53. The standard InChI is InChI=1S/C7H12O2/c1-5-2-3-6(8)4-7(5)9/h5,7,9H,2-4H2,1H3/t5-,7-/m1/s1. The molecule has 0 saturated heterocycles. The van der Waals surface area contributed by atoms with Crippen molar-refractivity contribution in [1.82, 2.24) is 0 Å². The van der Waals surface area contributed by atoms with Gasteiger partial charge in [0.25, 0.3) is 0 Å². The van der Waals surface area contributed by atoms with Crippen LogP contribution in [0.4, 0.5) is 0 Å². The van der Waals surface area contributed by atoms with E-state index in [-0.39, 0.29) is 11.9 Å². The molecule has 0 amide bonds. The molecule has 0 aromatic rings. The summed E-state index contributed by atoms with van der Waals surface area (Å²) in [6.45, 7) is 1.98. The van der Waals surface area contributed by atoms with Crippen molar-refractivity contribution >= 4 is 5.78 Å². The third kappa shape index (κ3) is 1.52. The van der Waals surface area contributed by atoms with Gasteiger partial charge in [0.2, 0.25) is 0 Å². The summed E-state index contributed by atoms with van der Waals surface area (Å²) >= 11 is 0. The molecule has 0 heterocycles. The summed E-state index contributed by atoms with van der Waals surface area (Å²) in [4.78, 5) is 10.7. The number of ketones is 1. The van der Waals surface area contributed by atoms with Gasteiger partial charge in [-0.25, -0.2) is 0 Å². The molecule has 2 nitrogen and oxygen atoms in total. The topological polar surface area (TPSA) is 37.3 Å². The summed E-state index contributed by atoms with van der Waals surface area (Å²) in [7, 11) is 0. The third-order valence-corrected chi connectivity index (χ3v) is 1.97. The number of aliphatic hydroxyl groups is 1. The van der Waals surface area contributed by atoms with E-state index in [9.17, 15) is 4.79 Å². The minimum Gasteiger partial charge on any atom is -0.392 e. The summed E-state index contributed by atoms with van der Waals surface area (Å²) in [5.41, 5.74) is 0. The van der Waals surface area contributed by atoms with Gasteiger partial charge >= 0.3 is 0 Å². The highest BCUT2D eigenvalue weighted by Crippen LogP contribution is 2.20. The van der Waals surface area contributed by atoms with E-state index in [1.807, 2.05) is 6.92 Å². The van der Waals surface area contributed by atoms with E-state index >= 15 is 0 Å². The molecule has 2 atom stereocenters. The highest BCUT2D eigenvalue weighted by molar-refractivity contribution is 5.79. The van der Waals surface area contributed by atoms with Crippen molar-refractivity contribution in [1.29, 1.82) is 0 Å². The molecule has 0 unspecified atom stereocenters. The second-order valence-corrected chi connectivity index (χ2v) is 2.83. The summed E-state index contributed by atoms with van der Waals surface area (Å²) < 4.78 is 0. The first kappa shape index (κ1) is 6.75. The number of aliphatic hydroxyl groups excluding tert-OH is 1. The Morgan fingerprint density at radius 3 is 2.78 bits per heavy atom. The van der Waals surface area contributed by atoms with Gasteiger partial charge in [-0.2, -0.15) is 0 Å². The Bertz CT molecular complexity index is 120. The van der Waals surface area contributed by atoms with Crippen molar-refractivity contribution in [2.45, 2.75) is 32.3 Å². The monoisotopic (exact) mass is 128 g/mol. The molecular formula is C7H12O2. The Morgan fingerprint density at radius 1 is 1.67 bits per heavy atom. The van der Waals surface area contributed by atoms with Crippen LogP contribution in [0.2, 0.25) is 0 Å². The smallest absolute Gasteiger partial charge is 0.135 e. The quantitative estimate of drug-likeness (QED) is 0.522. The zero-order valence-electron chi connectivity index (χ0n) is 5.63. The number of carbonyl (C=O) groups excluding carboxylic acids is 1. The zero-order chi connectivity index (χ0) is 6.85. The molecule has 0 aliphatic heterocycles. The van der Waals surface area contributed by atoms with Crippen LogP contribution in [0.5, 0.6) is 0 Å². The summed E-state index contributed by atoms with van der Waals surface area (Å²) in [5, 5.41) is 9.13. The predicted molar refractivity (Wildman–Crippen MR) is 34.0 cm³/mol. The van der Waals surface area contributed by atoms with Crippen molar-refractivity contribution in [2.24, 2.45) is 5.92 Å². The first-order valence-electron chi connectivity index (χ1n) is 3.40. The van der Waals surface area contributed by atoms with Gasteiger partial charge in [0, 0.05) is 12.8 Å². The second-order valence-electron chi connectivity index (χ2n) is 2.83. The number of rotatable bonds is 0. The molecule has 9 heavy (non-hydrogen) atoms. The van der Waals surface area contributed by atoms with E-state index in [1.165, 1.54) is 0 Å². The van der Waals surface area contributed by atoms with Gasteiger partial charge in [0.05, 0.1) is 6.10 Å². The van der Waals surface area contributed by atoms with E-state index in [0.717, 1.165) is 6.42 Å². The number of Topliss-reactive ketones (excluding diaryl/α,β-unsaturated/α-hetero) is 1. The average molecular weight is 128 g/mol. The molecule has 52 valence electrons. The number of hydrogen-bond acceptors (Lipinski definition) is 2. The van der Waals surface area contributed by atoms with Crippen LogP contribution in [0.25, 0.3) is 0 Å². The molecule has 0 bridgehead atoms. The number of carbonyl (C=O) groups is 1. The van der Waals surface area contributed by atoms with Gasteiger partial charge < -0.3 is 5.11 Å². The van der Waals surface area contributed by atoms with Crippen LogP contribution in [0, 0.1) is 5.92 Å². The molecule has 0 spiro atoms. The lowest BCUT2D eigenvalue weighted by Gasteiger charge is -2.22. The fourth-order valence-electron chi connectivity index (χ4n) is 1.12. The van der Waals surface area contributed by atoms with Gasteiger partial charge in [0.15, 0.2) is 0 Å². The molecule has 1 saturated carbocycles. The van der Waals surface area contributed by atoms with E-state index in [1.54, 1.807) is 0 Å². The Kier molecular flexibility index (Phi) is 1.86. The van der Waals surface area contributed by atoms with Crippen molar-refractivity contribution in [3.05, 3.63) is 0 Å². The summed E-state index contributed by atoms with van der Waals surface area (Å²) in [5.74, 6) is 0.531. The van der Waals surface area contributed by atoms with Crippen LogP contribution in [-0.2, 0) is 4.79 Å². The maximum atomic E-state index is 10.7. The maximum absolute atomic E-state index is 10.7. The molecule has 1 fully saturated rings.